The first kappa shape index (κ1) is 29.6. The maximum Gasteiger partial charge on any atom is 0.247 e. The number of benzene rings is 2. The zero-order valence-corrected chi connectivity index (χ0v) is 23.8. The second-order valence-electron chi connectivity index (χ2n) is 9.50. The summed E-state index contributed by atoms with van der Waals surface area (Å²) in [6, 6.07) is 20.2. The highest BCUT2D eigenvalue weighted by molar-refractivity contribution is 6.29. The van der Waals surface area contributed by atoms with Crippen LogP contribution >= 0.6 is 11.6 Å². The molecule has 0 bridgehead atoms. The maximum atomic E-state index is 13.9. The molecule has 2 heterocycles. The molecule has 0 N–H and O–H groups in total. The quantitative estimate of drug-likeness (QED) is 0.177. The van der Waals surface area contributed by atoms with E-state index in [4.69, 9.17) is 16.3 Å². The van der Waals surface area contributed by atoms with Crippen molar-refractivity contribution in [3.05, 3.63) is 120 Å². The van der Waals surface area contributed by atoms with Crippen molar-refractivity contribution in [1.82, 2.24) is 24.8 Å². The zero-order valence-electron chi connectivity index (χ0n) is 23.1. The van der Waals surface area contributed by atoms with E-state index in [0.717, 1.165) is 27.8 Å². The third-order valence-corrected chi connectivity index (χ3v) is 6.82. The van der Waals surface area contributed by atoms with E-state index in [1.54, 1.807) is 60.8 Å². The summed E-state index contributed by atoms with van der Waals surface area (Å²) >= 11 is 5.92. The molecule has 0 unspecified atom stereocenters. The summed E-state index contributed by atoms with van der Waals surface area (Å²) in [6.07, 6.45) is 10.1. The number of aromatic nitrogens is 3. The third-order valence-electron chi connectivity index (χ3n) is 6.59. The molecule has 0 aliphatic heterocycles. The SMILES string of the molecule is COCCN(C)C(=O)[C@H](Cc1ccccc1)N(Cc1ccc(-c2cncnc2)cc1)C(=O)/C=C/c1ccc(Cl)nc1. The lowest BCUT2D eigenvalue weighted by molar-refractivity contribution is -0.143. The fourth-order valence-corrected chi connectivity index (χ4v) is 4.41. The molecule has 0 aliphatic carbocycles. The van der Waals surface area contributed by atoms with Crippen LogP contribution in [0, 0.1) is 0 Å². The lowest BCUT2D eigenvalue weighted by Crippen LogP contribution is -2.51. The number of halogens is 1. The summed E-state index contributed by atoms with van der Waals surface area (Å²) < 4.78 is 5.20. The van der Waals surface area contributed by atoms with Crippen LogP contribution in [0.1, 0.15) is 16.7 Å². The van der Waals surface area contributed by atoms with E-state index in [0.29, 0.717) is 24.7 Å². The minimum Gasteiger partial charge on any atom is -0.383 e. The number of nitrogens with zero attached hydrogens (tertiary/aromatic N) is 5. The Morgan fingerprint density at radius 3 is 2.32 bits per heavy atom. The zero-order chi connectivity index (χ0) is 29.0. The average molecular weight is 570 g/mol. The molecule has 41 heavy (non-hydrogen) atoms. The van der Waals surface area contributed by atoms with E-state index in [1.165, 1.54) is 12.4 Å². The van der Waals surface area contributed by atoms with Gasteiger partial charge < -0.3 is 14.5 Å². The number of hydrogen-bond acceptors (Lipinski definition) is 6. The van der Waals surface area contributed by atoms with E-state index >= 15 is 0 Å². The van der Waals surface area contributed by atoms with Gasteiger partial charge in [0, 0.05) is 63.9 Å². The number of likely N-dealkylation sites (N-methyl/N-ethyl adjacent to an activating group) is 1. The van der Waals surface area contributed by atoms with Gasteiger partial charge in [0.25, 0.3) is 0 Å². The highest BCUT2D eigenvalue weighted by atomic mass is 35.5. The first-order chi connectivity index (χ1) is 19.9. The summed E-state index contributed by atoms with van der Waals surface area (Å²) in [6.45, 7) is 1.03. The topological polar surface area (TPSA) is 88.5 Å². The fourth-order valence-electron chi connectivity index (χ4n) is 4.30. The summed E-state index contributed by atoms with van der Waals surface area (Å²) in [5.74, 6) is -0.464. The molecule has 2 aromatic carbocycles. The first-order valence-electron chi connectivity index (χ1n) is 13.2. The van der Waals surface area contributed by atoms with Gasteiger partial charge in [-0.15, -0.1) is 0 Å². The predicted molar refractivity (Wildman–Crippen MR) is 160 cm³/mol. The summed E-state index contributed by atoms with van der Waals surface area (Å²) in [5.41, 5.74) is 4.40. The number of methoxy groups -OCH3 is 1. The molecule has 0 fully saturated rings. The van der Waals surface area contributed by atoms with Crippen LogP contribution in [0.25, 0.3) is 17.2 Å². The number of hydrogen-bond donors (Lipinski definition) is 0. The Kier molecular flexibility index (Phi) is 10.7. The molecule has 2 aromatic heterocycles. The molecule has 4 rings (SSSR count). The van der Waals surface area contributed by atoms with Crippen LogP contribution in [-0.2, 0) is 27.3 Å². The van der Waals surface area contributed by atoms with E-state index in [-0.39, 0.29) is 18.4 Å². The van der Waals surface area contributed by atoms with Gasteiger partial charge in [0.2, 0.25) is 11.8 Å². The van der Waals surface area contributed by atoms with Crippen LogP contribution in [0.4, 0.5) is 0 Å². The fraction of sp³-hybridized carbons (Fsp3) is 0.219. The number of pyridine rings is 1. The monoisotopic (exact) mass is 569 g/mol. The van der Waals surface area contributed by atoms with Crippen molar-refractivity contribution in [2.24, 2.45) is 0 Å². The highest BCUT2D eigenvalue weighted by Gasteiger charge is 2.31. The molecular formula is C32H32ClN5O3. The van der Waals surface area contributed by atoms with Gasteiger partial charge in [-0.2, -0.15) is 0 Å². The largest absolute Gasteiger partial charge is 0.383 e. The van der Waals surface area contributed by atoms with Crippen molar-refractivity contribution in [3.8, 4) is 11.1 Å². The lowest BCUT2D eigenvalue weighted by atomic mass is 10.0. The molecule has 210 valence electrons. The van der Waals surface area contributed by atoms with Gasteiger partial charge in [-0.25, -0.2) is 15.0 Å². The second-order valence-corrected chi connectivity index (χ2v) is 9.88. The van der Waals surface area contributed by atoms with Crippen LogP contribution in [-0.4, -0.2) is 69.9 Å². The van der Waals surface area contributed by atoms with Gasteiger partial charge in [-0.1, -0.05) is 72.3 Å². The van der Waals surface area contributed by atoms with Gasteiger partial charge in [-0.05, 0) is 34.4 Å². The molecule has 9 heteroatoms. The van der Waals surface area contributed by atoms with Gasteiger partial charge in [0.05, 0.1) is 6.61 Å². The molecule has 0 aliphatic rings. The van der Waals surface area contributed by atoms with Crippen LogP contribution in [0.5, 0.6) is 0 Å². The lowest BCUT2D eigenvalue weighted by Gasteiger charge is -2.33. The van der Waals surface area contributed by atoms with Crippen LogP contribution < -0.4 is 0 Å². The standard InChI is InChI=1S/C32H32ClN5O3/c1-37(16-17-41-2)32(40)29(18-24-6-4-3-5-7-24)38(31(39)15-11-25-10-14-30(33)36-19-25)22-26-8-12-27(13-9-26)28-20-34-23-35-21-28/h3-15,19-21,23,29H,16-18,22H2,1-2H3/b15-11+/t29-/m0/s1. The normalized spacial score (nSPS) is 11.8. The Morgan fingerprint density at radius 1 is 0.927 bits per heavy atom. The van der Waals surface area contributed by atoms with Crippen LogP contribution in [0.2, 0.25) is 5.15 Å². The van der Waals surface area contributed by atoms with E-state index in [1.807, 2.05) is 54.6 Å². The molecular weight excluding hydrogens is 538 g/mol. The van der Waals surface area contributed by atoms with Gasteiger partial charge in [0.15, 0.2) is 0 Å². The van der Waals surface area contributed by atoms with Gasteiger partial charge in [-0.3, -0.25) is 9.59 Å². The molecule has 0 saturated carbocycles. The van der Waals surface area contributed by atoms with Gasteiger partial charge >= 0.3 is 0 Å². The summed E-state index contributed by atoms with van der Waals surface area (Å²) in [4.78, 5) is 43.2. The molecule has 4 aromatic rings. The van der Waals surface area contributed by atoms with E-state index < -0.39 is 6.04 Å². The first-order valence-corrected chi connectivity index (χ1v) is 13.5. The Hall–Kier alpha value is -4.40. The van der Waals surface area contributed by atoms with Crippen LogP contribution in [0.15, 0.2) is 97.7 Å². The van der Waals surface area contributed by atoms with Crippen molar-refractivity contribution >= 4 is 29.5 Å². The Bertz CT molecular complexity index is 1430. The van der Waals surface area contributed by atoms with E-state index in [2.05, 4.69) is 15.0 Å². The summed E-state index contributed by atoms with van der Waals surface area (Å²) in [7, 11) is 3.32. The number of amides is 2. The van der Waals surface area contributed by atoms with Crippen molar-refractivity contribution < 1.29 is 14.3 Å². The second kappa shape index (κ2) is 14.8. The Balaban J connectivity index is 1.68. The molecule has 0 saturated heterocycles. The van der Waals surface area contributed by atoms with E-state index in [9.17, 15) is 9.59 Å². The number of carbonyl (C=O) groups is 2. The predicted octanol–water partition coefficient (Wildman–Crippen LogP) is 4.95. The minimum atomic E-state index is -0.748. The van der Waals surface area contributed by atoms with Crippen molar-refractivity contribution in [2.75, 3.05) is 27.3 Å². The molecule has 1 atom stereocenters. The van der Waals surface area contributed by atoms with Crippen LogP contribution in [0.3, 0.4) is 0 Å². The number of ether oxygens (including phenoxy) is 1. The highest BCUT2D eigenvalue weighted by Crippen LogP contribution is 2.21. The number of carbonyl (C=O) groups excluding carboxylic acids is 2. The number of rotatable bonds is 12. The molecule has 8 nitrogen and oxygen atoms in total. The molecule has 0 spiro atoms. The summed E-state index contributed by atoms with van der Waals surface area (Å²) in [5, 5.41) is 0.369. The van der Waals surface area contributed by atoms with Gasteiger partial charge in [0.1, 0.15) is 17.5 Å². The molecule has 2 amide bonds. The third kappa shape index (κ3) is 8.54. The van der Waals surface area contributed by atoms with Crippen molar-refractivity contribution in [3.63, 3.8) is 0 Å². The molecule has 0 radical (unpaired) electrons. The average Bonchev–Trinajstić information content (AvgIpc) is 3.02. The smallest absolute Gasteiger partial charge is 0.247 e. The minimum absolute atomic E-state index is 0.168. The maximum absolute atomic E-state index is 13.9. The van der Waals surface area contributed by atoms with Crippen molar-refractivity contribution in [2.45, 2.75) is 19.0 Å². The Morgan fingerprint density at radius 2 is 1.66 bits per heavy atom. The van der Waals surface area contributed by atoms with Crippen molar-refractivity contribution in [1.29, 1.82) is 0 Å². The Labute approximate surface area is 245 Å².